The molecule has 0 spiro atoms. The maximum absolute atomic E-state index is 13.7. The highest BCUT2D eigenvalue weighted by molar-refractivity contribution is 6.31. The number of hydrogen-bond acceptors (Lipinski definition) is 3. The van der Waals surface area contributed by atoms with Crippen molar-refractivity contribution in [1.82, 2.24) is 0 Å². The summed E-state index contributed by atoms with van der Waals surface area (Å²) in [6.07, 6.45) is 0. The van der Waals surface area contributed by atoms with E-state index in [-0.39, 0.29) is 16.3 Å². The largest absolute Gasteiger partial charge is 0.497 e. The predicted molar refractivity (Wildman–Crippen MR) is 76.8 cm³/mol. The Hall–Kier alpha value is -2.27. The van der Waals surface area contributed by atoms with E-state index >= 15 is 0 Å². The summed E-state index contributed by atoms with van der Waals surface area (Å²) in [5.41, 5.74) is 6.31. The number of ether oxygens (including phenoxy) is 1. The van der Waals surface area contributed by atoms with E-state index in [1.165, 1.54) is 31.4 Å². The average Bonchev–Trinajstić information content (AvgIpc) is 2.43. The van der Waals surface area contributed by atoms with Gasteiger partial charge in [-0.1, -0.05) is 17.7 Å². The number of nitrogens with one attached hydrogen (secondary N) is 1. The van der Waals surface area contributed by atoms with E-state index in [2.05, 4.69) is 5.32 Å². The van der Waals surface area contributed by atoms with Crippen LogP contribution in [-0.4, -0.2) is 13.0 Å². The van der Waals surface area contributed by atoms with Crippen LogP contribution in [0.25, 0.3) is 0 Å². The Morgan fingerprint density at radius 3 is 2.80 bits per heavy atom. The van der Waals surface area contributed by atoms with E-state index in [1.807, 2.05) is 0 Å². The Labute approximate surface area is 120 Å². The number of carbonyl (C=O) groups is 1. The Morgan fingerprint density at radius 2 is 2.10 bits per heavy atom. The van der Waals surface area contributed by atoms with Crippen LogP contribution in [0.4, 0.5) is 15.8 Å². The molecule has 20 heavy (non-hydrogen) atoms. The van der Waals surface area contributed by atoms with E-state index in [0.29, 0.717) is 11.4 Å². The number of amides is 1. The molecular formula is C14H12ClFN2O2. The third-order valence-corrected chi connectivity index (χ3v) is 2.92. The molecule has 0 heterocycles. The highest BCUT2D eigenvalue weighted by Crippen LogP contribution is 2.24. The van der Waals surface area contributed by atoms with Gasteiger partial charge in [-0.2, -0.15) is 0 Å². The maximum atomic E-state index is 13.7. The van der Waals surface area contributed by atoms with Crippen LogP contribution in [0.2, 0.25) is 5.02 Å². The van der Waals surface area contributed by atoms with Crippen LogP contribution in [0.3, 0.4) is 0 Å². The first kappa shape index (κ1) is 14.1. The van der Waals surface area contributed by atoms with Crippen molar-refractivity contribution in [1.29, 1.82) is 0 Å². The lowest BCUT2D eigenvalue weighted by atomic mass is 10.1. The highest BCUT2D eigenvalue weighted by atomic mass is 35.5. The normalized spacial score (nSPS) is 10.2. The summed E-state index contributed by atoms with van der Waals surface area (Å²) >= 11 is 5.65. The van der Waals surface area contributed by atoms with Gasteiger partial charge < -0.3 is 15.8 Å². The van der Waals surface area contributed by atoms with Crippen molar-refractivity contribution in [3.63, 3.8) is 0 Å². The third-order valence-electron chi connectivity index (χ3n) is 2.63. The van der Waals surface area contributed by atoms with Gasteiger partial charge in [0.2, 0.25) is 0 Å². The Morgan fingerprint density at radius 1 is 1.35 bits per heavy atom. The number of nitrogen functional groups attached to an aromatic ring is 1. The van der Waals surface area contributed by atoms with Gasteiger partial charge in [-0.05, 0) is 24.3 Å². The number of anilines is 2. The van der Waals surface area contributed by atoms with Gasteiger partial charge in [-0.15, -0.1) is 0 Å². The Kier molecular flexibility index (Phi) is 4.10. The number of methoxy groups -OCH3 is 1. The molecule has 0 aliphatic heterocycles. The van der Waals surface area contributed by atoms with Crippen LogP contribution in [-0.2, 0) is 0 Å². The van der Waals surface area contributed by atoms with Crippen molar-refractivity contribution < 1.29 is 13.9 Å². The summed E-state index contributed by atoms with van der Waals surface area (Å²) in [4.78, 5) is 12.1. The predicted octanol–water partition coefficient (Wildman–Crippen LogP) is 3.32. The minimum atomic E-state index is -0.682. The molecule has 2 rings (SSSR count). The molecule has 4 nitrogen and oxygen atoms in total. The molecule has 0 radical (unpaired) electrons. The van der Waals surface area contributed by atoms with E-state index in [9.17, 15) is 9.18 Å². The molecule has 0 saturated carbocycles. The van der Waals surface area contributed by atoms with Crippen LogP contribution in [0.1, 0.15) is 10.4 Å². The number of nitrogens with two attached hydrogens (primary N) is 1. The van der Waals surface area contributed by atoms with Crippen LogP contribution in [0.5, 0.6) is 5.75 Å². The molecular weight excluding hydrogens is 283 g/mol. The topological polar surface area (TPSA) is 64.3 Å². The average molecular weight is 295 g/mol. The van der Waals surface area contributed by atoms with Gasteiger partial charge in [0.15, 0.2) is 5.82 Å². The molecule has 0 aliphatic carbocycles. The zero-order valence-electron chi connectivity index (χ0n) is 10.6. The fraction of sp³-hybridized carbons (Fsp3) is 0.0714. The smallest absolute Gasteiger partial charge is 0.255 e. The van der Waals surface area contributed by atoms with Crippen molar-refractivity contribution in [2.24, 2.45) is 0 Å². The summed E-state index contributed by atoms with van der Waals surface area (Å²) in [5.74, 6) is -0.739. The van der Waals surface area contributed by atoms with Crippen molar-refractivity contribution >= 4 is 28.9 Å². The van der Waals surface area contributed by atoms with Gasteiger partial charge in [-0.3, -0.25) is 4.79 Å². The summed E-state index contributed by atoms with van der Waals surface area (Å²) in [6.45, 7) is 0. The molecule has 0 bridgehead atoms. The van der Waals surface area contributed by atoms with Crippen molar-refractivity contribution in [2.75, 3.05) is 18.2 Å². The summed E-state index contributed by atoms with van der Waals surface area (Å²) < 4.78 is 18.7. The van der Waals surface area contributed by atoms with Gasteiger partial charge in [-0.25, -0.2) is 4.39 Å². The molecule has 0 atom stereocenters. The molecule has 0 saturated heterocycles. The quantitative estimate of drug-likeness (QED) is 0.854. The van der Waals surface area contributed by atoms with E-state index < -0.39 is 11.7 Å². The summed E-state index contributed by atoms with van der Waals surface area (Å²) in [5, 5.41) is 2.37. The minimum absolute atomic E-state index is 0.00360. The van der Waals surface area contributed by atoms with Crippen molar-refractivity contribution in [2.45, 2.75) is 0 Å². The molecule has 0 aliphatic rings. The van der Waals surface area contributed by atoms with Crippen molar-refractivity contribution in [3.8, 4) is 5.75 Å². The molecule has 1 amide bonds. The number of benzene rings is 2. The minimum Gasteiger partial charge on any atom is -0.497 e. The molecule has 104 valence electrons. The zero-order chi connectivity index (χ0) is 14.7. The monoisotopic (exact) mass is 294 g/mol. The molecule has 0 fully saturated rings. The summed E-state index contributed by atoms with van der Waals surface area (Å²) in [7, 11) is 1.47. The molecule has 0 aromatic heterocycles. The fourth-order valence-electron chi connectivity index (χ4n) is 1.67. The van der Waals surface area contributed by atoms with E-state index in [0.717, 1.165) is 0 Å². The summed E-state index contributed by atoms with van der Waals surface area (Å²) in [6, 6.07) is 8.92. The standard InChI is InChI=1S/C14H12ClFN2O2/c1-20-10-6-8(5-9(17)7-10)14(19)18-12-4-2-3-11(15)13(12)16/h2-7H,17H2,1H3,(H,18,19). The second kappa shape index (κ2) is 5.79. The maximum Gasteiger partial charge on any atom is 0.255 e. The number of carbonyl (C=O) groups excluding carboxylic acids is 1. The third kappa shape index (κ3) is 3.00. The van der Waals surface area contributed by atoms with Gasteiger partial charge >= 0.3 is 0 Å². The lowest BCUT2D eigenvalue weighted by molar-refractivity contribution is 0.102. The molecule has 0 unspecified atom stereocenters. The second-order valence-corrected chi connectivity index (χ2v) is 4.46. The first-order valence-corrected chi connectivity index (χ1v) is 6.09. The second-order valence-electron chi connectivity index (χ2n) is 4.05. The lowest BCUT2D eigenvalue weighted by Crippen LogP contribution is -2.13. The Balaban J connectivity index is 2.28. The van der Waals surface area contributed by atoms with Gasteiger partial charge in [0.25, 0.3) is 5.91 Å². The zero-order valence-corrected chi connectivity index (χ0v) is 11.4. The number of halogens is 2. The van der Waals surface area contributed by atoms with Gasteiger partial charge in [0.05, 0.1) is 17.8 Å². The van der Waals surface area contributed by atoms with Crippen LogP contribution in [0.15, 0.2) is 36.4 Å². The highest BCUT2D eigenvalue weighted by Gasteiger charge is 2.12. The molecule has 3 N–H and O–H groups in total. The van der Waals surface area contributed by atoms with E-state index in [1.54, 1.807) is 12.1 Å². The lowest BCUT2D eigenvalue weighted by Gasteiger charge is -2.09. The molecule has 2 aromatic carbocycles. The molecule has 2 aromatic rings. The van der Waals surface area contributed by atoms with Gasteiger partial charge in [0.1, 0.15) is 5.75 Å². The van der Waals surface area contributed by atoms with Crippen LogP contribution in [0, 0.1) is 5.82 Å². The van der Waals surface area contributed by atoms with Gasteiger partial charge in [0, 0.05) is 17.3 Å². The fourth-order valence-corrected chi connectivity index (χ4v) is 1.84. The van der Waals surface area contributed by atoms with Crippen LogP contribution < -0.4 is 15.8 Å². The Bertz CT molecular complexity index is 662. The number of hydrogen-bond donors (Lipinski definition) is 2. The number of rotatable bonds is 3. The SMILES string of the molecule is COc1cc(N)cc(C(=O)Nc2cccc(Cl)c2F)c1. The first-order chi connectivity index (χ1) is 9.51. The molecule has 6 heteroatoms. The van der Waals surface area contributed by atoms with E-state index in [4.69, 9.17) is 22.1 Å². The van der Waals surface area contributed by atoms with Crippen molar-refractivity contribution in [3.05, 3.63) is 52.8 Å². The first-order valence-electron chi connectivity index (χ1n) is 5.71. The van der Waals surface area contributed by atoms with Crippen LogP contribution >= 0.6 is 11.6 Å².